The minimum Gasteiger partial charge on any atom is -0.482 e. The van der Waals surface area contributed by atoms with E-state index in [2.05, 4.69) is 0 Å². The maximum atomic E-state index is 13.1. The number of fused-ring (bicyclic) bond motifs is 1. The van der Waals surface area contributed by atoms with Gasteiger partial charge in [-0.2, -0.15) is 0 Å². The molecule has 0 amide bonds. The summed E-state index contributed by atoms with van der Waals surface area (Å²) in [5, 5.41) is 0. The van der Waals surface area contributed by atoms with Gasteiger partial charge in [0.2, 0.25) is 5.78 Å². The quantitative estimate of drug-likeness (QED) is 0.558. The van der Waals surface area contributed by atoms with Crippen molar-refractivity contribution in [3.63, 3.8) is 0 Å². The number of aryl methyl sites for hydroxylation is 2. The Balaban J connectivity index is 1.83. The lowest BCUT2D eigenvalue weighted by molar-refractivity contribution is -0.145. The standard InChI is InChI=1S/C22H24O4/c1-15(22(24)25-2)13-20(26-19-9-4-3-5-10-19)21(23)18-12-11-16-7-6-8-17(16)14-18/h3-5,9-12,14-15,20H,6-8,13H2,1-2H3. The number of ether oxygens (including phenoxy) is 2. The molecule has 2 atom stereocenters. The fourth-order valence-corrected chi connectivity index (χ4v) is 3.40. The summed E-state index contributed by atoms with van der Waals surface area (Å²) in [5.41, 5.74) is 3.21. The number of rotatable bonds is 7. The fourth-order valence-electron chi connectivity index (χ4n) is 3.40. The van der Waals surface area contributed by atoms with Crippen molar-refractivity contribution in [2.24, 2.45) is 5.92 Å². The van der Waals surface area contributed by atoms with Crippen molar-refractivity contribution in [1.82, 2.24) is 0 Å². The molecule has 2 aromatic carbocycles. The first-order valence-electron chi connectivity index (χ1n) is 9.04. The molecule has 1 aliphatic rings. The molecule has 4 heteroatoms. The lowest BCUT2D eigenvalue weighted by Crippen LogP contribution is -2.32. The number of hydrogen-bond acceptors (Lipinski definition) is 4. The smallest absolute Gasteiger partial charge is 0.308 e. The number of benzene rings is 2. The number of esters is 1. The van der Waals surface area contributed by atoms with Gasteiger partial charge in [-0.1, -0.05) is 37.3 Å². The lowest BCUT2D eigenvalue weighted by Gasteiger charge is -2.21. The molecular weight excluding hydrogens is 328 g/mol. The van der Waals surface area contributed by atoms with Crippen molar-refractivity contribution in [1.29, 1.82) is 0 Å². The van der Waals surface area contributed by atoms with Crippen LogP contribution in [-0.2, 0) is 22.4 Å². The third-order valence-electron chi connectivity index (χ3n) is 4.87. The van der Waals surface area contributed by atoms with Gasteiger partial charge >= 0.3 is 5.97 Å². The topological polar surface area (TPSA) is 52.6 Å². The van der Waals surface area contributed by atoms with Gasteiger partial charge in [0.05, 0.1) is 13.0 Å². The zero-order chi connectivity index (χ0) is 18.5. The maximum absolute atomic E-state index is 13.1. The first-order valence-corrected chi connectivity index (χ1v) is 9.04. The highest BCUT2D eigenvalue weighted by Gasteiger charge is 2.28. The minimum atomic E-state index is -0.731. The van der Waals surface area contributed by atoms with Crippen molar-refractivity contribution in [2.45, 2.75) is 38.7 Å². The van der Waals surface area contributed by atoms with Gasteiger partial charge in [0.15, 0.2) is 6.10 Å². The summed E-state index contributed by atoms with van der Waals surface area (Å²) < 4.78 is 10.8. The van der Waals surface area contributed by atoms with Crippen molar-refractivity contribution in [2.75, 3.05) is 7.11 Å². The Morgan fingerprint density at radius 3 is 2.50 bits per heavy atom. The molecular formula is C22H24O4. The van der Waals surface area contributed by atoms with Crippen LogP contribution in [0.3, 0.4) is 0 Å². The van der Waals surface area contributed by atoms with Gasteiger partial charge in [-0.3, -0.25) is 9.59 Å². The molecule has 2 aromatic rings. The van der Waals surface area contributed by atoms with E-state index >= 15 is 0 Å². The Kier molecular flexibility index (Phi) is 5.71. The molecule has 0 saturated heterocycles. The molecule has 136 valence electrons. The summed E-state index contributed by atoms with van der Waals surface area (Å²) in [6.07, 6.45) is 2.77. The maximum Gasteiger partial charge on any atom is 0.308 e. The Labute approximate surface area is 154 Å². The van der Waals surface area contributed by atoms with E-state index in [1.807, 2.05) is 48.5 Å². The van der Waals surface area contributed by atoms with E-state index in [0.29, 0.717) is 11.3 Å². The molecule has 0 fully saturated rings. The summed E-state index contributed by atoms with van der Waals surface area (Å²) in [6.45, 7) is 1.75. The molecule has 0 radical (unpaired) electrons. The number of Topliss-reactive ketones (excluding diaryl/α,β-unsaturated/α-hetero) is 1. The number of methoxy groups -OCH3 is 1. The first kappa shape index (κ1) is 18.2. The van der Waals surface area contributed by atoms with E-state index in [-0.39, 0.29) is 18.2 Å². The lowest BCUT2D eigenvalue weighted by atomic mass is 9.95. The van der Waals surface area contributed by atoms with Crippen LogP contribution in [0, 0.1) is 5.92 Å². The molecule has 0 N–H and O–H groups in total. The molecule has 2 unspecified atom stereocenters. The van der Waals surface area contributed by atoms with Crippen LogP contribution in [0.2, 0.25) is 0 Å². The van der Waals surface area contributed by atoms with Crippen LogP contribution < -0.4 is 4.74 Å². The summed E-state index contributed by atoms with van der Waals surface area (Å²) in [6, 6.07) is 15.1. The zero-order valence-electron chi connectivity index (χ0n) is 15.2. The average molecular weight is 352 g/mol. The Hall–Kier alpha value is -2.62. The number of para-hydroxylation sites is 1. The van der Waals surface area contributed by atoms with Crippen LogP contribution >= 0.6 is 0 Å². The first-order chi connectivity index (χ1) is 12.6. The molecule has 1 aliphatic carbocycles. The van der Waals surface area contributed by atoms with E-state index in [1.165, 1.54) is 18.2 Å². The van der Waals surface area contributed by atoms with Gasteiger partial charge in [-0.05, 0) is 48.6 Å². The van der Waals surface area contributed by atoms with Crippen molar-refractivity contribution >= 4 is 11.8 Å². The second-order valence-corrected chi connectivity index (χ2v) is 6.78. The largest absolute Gasteiger partial charge is 0.482 e. The SMILES string of the molecule is COC(=O)C(C)CC(Oc1ccccc1)C(=O)c1ccc2c(c1)CCC2. The number of hydrogen-bond donors (Lipinski definition) is 0. The molecule has 0 spiro atoms. The Bertz CT molecular complexity index is 782. The number of carbonyl (C=O) groups is 2. The summed E-state index contributed by atoms with van der Waals surface area (Å²) >= 11 is 0. The highest BCUT2D eigenvalue weighted by molar-refractivity contribution is 6.00. The highest BCUT2D eigenvalue weighted by Crippen LogP contribution is 2.25. The van der Waals surface area contributed by atoms with E-state index in [0.717, 1.165) is 19.3 Å². The fraction of sp³-hybridized carbons (Fsp3) is 0.364. The summed E-state index contributed by atoms with van der Waals surface area (Å²) in [5.74, 6) is -0.246. The van der Waals surface area contributed by atoms with E-state index in [9.17, 15) is 9.59 Å². The van der Waals surface area contributed by atoms with Crippen LogP contribution in [0.5, 0.6) is 5.75 Å². The van der Waals surface area contributed by atoms with Gasteiger partial charge in [0, 0.05) is 12.0 Å². The third-order valence-corrected chi connectivity index (χ3v) is 4.87. The monoisotopic (exact) mass is 352 g/mol. The van der Waals surface area contributed by atoms with Crippen LogP contribution in [-0.4, -0.2) is 25.0 Å². The van der Waals surface area contributed by atoms with Crippen molar-refractivity contribution < 1.29 is 19.1 Å². The van der Waals surface area contributed by atoms with E-state index in [4.69, 9.17) is 9.47 Å². The Morgan fingerprint density at radius 1 is 1.04 bits per heavy atom. The van der Waals surface area contributed by atoms with Crippen molar-refractivity contribution in [3.05, 3.63) is 65.2 Å². The molecule has 4 nitrogen and oxygen atoms in total. The molecule has 0 aliphatic heterocycles. The molecule has 26 heavy (non-hydrogen) atoms. The van der Waals surface area contributed by atoms with Crippen LogP contribution in [0.15, 0.2) is 48.5 Å². The normalized spacial score (nSPS) is 15.0. The average Bonchev–Trinajstić information content (AvgIpc) is 3.14. The number of ketones is 1. The predicted molar refractivity (Wildman–Crippen MR) is 99.5 cm³/mol. The second kappa shape index (κ2) is 8.17. The molecule has 0 heterocycles. The van der Waals surface area contributed by atoms with Crippen LogP contribution in [0.25, 0.3) is 0 Å². The third kappa shape index (κ3) is 4.13. The number of carbonyl (C=O) groups excluding carboxylic acids is 2. The van der Waals surface area contributed by atoms with Gasteiger partial charge in [0.1, 0.15) is 5.75 Å². The van der Waals surface area contributed by atoms with E-state index in [1.54, 1.807) is 6.92 Å². The molecule has 3 rings (SSSR count). The minimum absolute atomic E-state index is 0.0979. The Morgan fingerprint density at radius 2 is 1.77 bits per heavy atom. The van der Waals surface area contributed by atoms with Crippen LogP contribution in [0.1, 0.15) is 41.3 Å². The highest BCUT2D eigenvalue weighted by atomic mass is 16.5. The zero-order valence-corrected chi connectivity index (χ0v) is 15.2. The predicted octanol–water partition coefficient (Wildman–Crippen LogP) is 4.00. The van der Waals surface area contributed by atoms with Gasteiger partial charge in [-0.25, -0.2) is 0 Å². The molecule has 0 bridgehead atoms. The van der Waals surface area contributed by atoms with Gasteiger partial charge in [-0.15, -0.1) is 0 Å². The van der Waals surface area contributed by atoms with Gasteiger partial charge in [0.25, 0.3) is 0 Å². The molecule has 0 saturated carbocycles. The summed E-state index contributed by atoms with van der Waals surface area (Å²) in [4.78, 5) is 24.9. The van der Waals surface area contributed by atoms with Gasteiger partial charge < -0.3 is 9.47 Å². The van der Waals surface area contributed by atoms with E-state index < -0.39 is 12.0 Å². The van der Waals surface area contributed by atoms with Crippen molar-refractivity contribution in [3.8, 4) is 5.75 Å². The summed E-state index contributed by atoms with van der Waals surface area (Å²) in [7, 11) is 1.36. The second-order valence-electron chi connectivity index (χ2n) is 6.78. The molecule has 0 aromatic heterocycles. The van der Waals surface area contributed by atoms with Crippen LogP contribution in [0.4, 0.5) is 0 Å².